The van der Waals surface area contributed by atoms with Crippen molar-refractivity contribution in [2.45, 2.75) is 32.9 Å². The molecule has 0 aliphatic rings. The van der Waals surface area contributed by atoms with Crippen LogP contribution in [0.25, 0.3) is 0 Å². The molecular weight excluding hydrogens is 226 g/mol. The molecule has 0 atom stereocenters. The quantitative estimate of drug-likeness (QED) is 0.837. The van der Waals surface area contributed by atoms with Gasteiger partial charge < -0.3 is 15.0 Å². The zero-order valence-electron chi connectivity index (χ0n) is 12.4. The number of ether oxygens (including phenoxy) is 1. The summed E-state index contributed by atoms with van der Waals surface area (Å²) >= 11 is 0. The number of likely N-dealkylation sites (N-methyl/N-ethyl adjacent to an activating group) is 1. The van der Waals surface area contributed by atoms with Crippen molar-refractivity contribution in [1.29, 1.82) is 0 Å². The minimum absolute atomic E-state index is 0.133. The third kappa shape index (κ3) is 4.27. The molecule has 4 heteroatoms. The standard InChI is InChI=1S/C14H25N3O/c1-11-7-13(18-6)8-12(16-11)9-15-10-14(2,3)17(4)5/h7-8,15H,9-10H2,1-6H3. The molecule has 1 N–H and O–H groups in total. The summed E-state index contributed by atoms with van der Waals surface area (Å²) in [6.45, 7) is 8.08. The Balaban J connectivity index is 2.56. The van der Waals surface area contributed by atoms with E-state index < -0.39 is 0 Å². The molecule has 0 radical (unpaired) electrons. The summed E-state index contributed by atoms with van der Waals surface area (Å²) in [6.07, 6.45) is 0. The topological polar surface area (TPSA) is 37.4 Å². The predicted molar refractivity (Wildman–Crippen MR) is 75.0 cm³/mol. The van der Waals surface area contributed by atoms with Crippen molar-refractivity contribution in [3.05, 3.63) is 23.5 Å². The zero-order valence-corrected chi connectivity index (χ0v) is 12.4. The van der Waals surface area contributed by atoms with Gasteiger partial charge in [0.25, 0.3) is 0 Å². The Labute approximate surface area is 110 Å². The van der Waals surface area contributed by atoms with Gasteiger partial charge in [0.05, 0.1) is 12.8 Å². The summed E-state index contributed by atoms with van der Waals surface area (Å²) < 4.78 is 5.25. The normalized spacial score (nSPS) is 11.9. The van der Waals surface area contributed by atoms with Crippen molar-refractivity contribution in [2.24, 2.45) is 0 Å². The smallest absolute Gasteiger partial charge is 0.122 e. The summed E-state index contributed by atoms with van der Waals surface area (Å²) in [6, 6.07) is 3.91. The van der Waals surface area contributed by atoms with Crippen LogP contribution in [0.1, 0.15) is 25.2 Å². The number of nitrogens with zero attached hydrogens (tertiary/aromatic N) is 2. The van der Waals surface area contributed by atoms with Crippen molar-refractivity contribution in [2.75, 3.05) is 27.7 Å². The van der Waals surface area contributed by atoms with E-state index in [1.807, 2.05) is 19.1 Å². The molecule has 0 aromatic carbocycles. The summed E-state index contributed by atoms with van der Waals surface area (Å²) in [5.74, 6) is 0.867. The highest BCUT2D eigenvalue weighted by Crippen LogP contribution is 2.13. The van der Waals surface area contributed by atoms with Gasteiger partial charge in [-0.3, -0.25) is 4.98 Å². The average molecular weight is 251 g/mol. The molecule has 0 aliphatic carbocycles. The first kappa shape index (κ1) is 14.9. The number of hydrogen-bond donors (Lipinski definition) is 1. The molecule has 18 heavy (non-hydrogen) atoms. The molecule has 0 amide bonds. The Morgan fingerprint density at radius 1 is 1.33 bits per heavy atom. The highest BCUT2D eigenvalue weighted by molar-refractivity contribution is 5.26. The Morgan fingerprint density at radius 3 is 2.56 bits per heavy atom. The number of nitrogens with one attached hydrogen (secondary N) is 1. The number of aromatic nitrogens is 1. The SMILES string of the molecule is COc1cc(C)nc(CNCC(C)(C)N(C)C)c1. The van der Waals surface area contributed by atoms with Crippen LogP contribution in [-0.4, -0.2) is 43.2 Å². The van der Waals surface area contributed by atoms with Crippen LogP contribution in [0.15, 0.2) is 12.1 Å². The molecule has 0 bridgehead atoms. The zero-order chi connectivity index (χ0) is 13.8. The first-order valence-electron chi connectivity index (χ1n) is 6.25. The second kappa shape index (κ2) is 6.16. The summed E-state index contributed by atoms with van der Waals surface area (Å²) in [5.41, 5.74) is 2.13. The number of hydrogen-bond acceptors (Lipinski definition) is 4. The maximum Gasteiger partial charge on any atom is 0.122 e. The highest BCUT2D eigenvalue weighted by atomic mass is 16.5. The van der Waals surface area contributed by atoms with E-state index in [1.54, 1.807) is 7.11 Å². The van der Waals surface area contributed by atoms with Crippen LogP contribution in [0.3, 0.4) is 0 Å². The maximum atomic E-state index is 5.25. The van der Waals surface area contributed by atoms with Gasteiger partial charge in [0.15, 0.2) is 0 Å². The van der Waals surface area contributed by atoms with Crippen molar-refractivity contribution < 1.29 is 4.74 Å². The fraction of sp³-hybridized carbons (Fsp3) is 0.643. The number of rotatable bonds is 6. The lowest BCUT2D eigenvalue weighted by Crippen LogP contribution is -2.46. The van der Waals surface area contributed by atoms with E-state index >= 15 is 0 Å². The minimum atomic E-state index is 0.133. The van der Waals surface area contributed by atoms with Gasteiger partial charge in [0.2, 0.25) is 0 Å². The molecule has 0 saturated carbocycles. The van der Waals surface area contributed by atoms with Gasteiger partial charge in [0, 0.05) is 36.5 Å². The molecule has 1 heterocycles. The van der Waals surface area contributed by atoms with Gasteiger partial charge >= 0.3 is 0 Å². The lowest BCUT2D eigenvalue weighted by atomic mass is 10.0. The Kier molecular flexibility index (Phi) is 5.11. The molecular formula is C14H25N3O. The van der Waals surface area contributed by atoms with Crippen molar-refractivity contribution in [3.8, 4) is 5.75 Å². The Bertz CT molecular complexity index is 389. The minimum Gasteiger partial charge on any atom is -0.497 e. The van der Waals surface area contributed by atoms with Crippen LogP contribution >= 0.6 is 0 Å². The fourth-order valence-corrected chi connectivity index (χ4v) is 1.57. The van der Waals surface area contributed by atoms with Gasteiger partial charge in [-0.2, -0.15) is 0 Å². The second-order valence-corrected chi connectivity index (χ2v) is 5.45. The highest BCUT2D eigenvalue weighted by Gasteiger charge is 2.19. The maximum absolute atomic E-state index is 5.25. The van der Waals surface area contributed by atoms with Crippen LogP contribution in [-0.2, 0) is 6.54 Å². The Hall–Kier alpha value is -1.13. The molecule has 0 unspecified atom stereocenters. The van der Waals surface area contributed by atoms with E-state index in [1.165, 1.54) is 0 Å². The molecule has 1 rings (SSSR count). The van der Waals surface area contributed by atoms with Gasteiger partial charge in [0.1, 0.15) is 5.75 Å². The molecule has 0 fully saturated rings. The first-order chi connectivity index (χ1) is 8.35. The lowest BCUT2D eigenvalue weighted by molar-refractivity contribution is 0.189. The third-order valence-corrected chi connectivity index (χ3v) is 3.29. The number of methoxy groups -OCH3 is 1. The van der Waals surface area contributed by atoms with Gasteiger partial charge in [-0.25, -0.2) is 0 Å². The van der Waals surface area contributed by atoms with Crippen LogP contribution in [0.4, 0.5) is 0 Å². The molecule has 0 aliphatic heterocycles. The Morgan fingerprint density at radius 2 is 2.00 bits per heavy atom. The van der Waals surface area contributed by atoms with E-state index in [2.05, 4.69) is 43.1 Å². The average Bonchev–Trinajstić information content (AvgIpc) is 2.27. The van der Waals surface area contributed by atoms with E-state index in [-0.39, 0.29) is 5.54 Å². The summed E-state index contributed by atoms with van der Waals surface area (Å²) in [5, 5.41) is 3.44. The molecule has 102 valence electrons. The van der Waals surface area contributed by atoms with Crippen LogP contribution in [0.5, 0.6) is 5.75 Å². The summed E-state index contributed by atoms with van der Waals surface area (Å²) in [4.78, 5) is 6.70. The molecule has 1 aromatic rings. The summed E-state index contributed by atoms with van der Waals surface area (Å²) in [7, 11) is 5.87. The molecule has 0 spiro atoms. The van der Waals surface area contributed by atoms with Crippen molar-refractivity contribution in [1.82, 2.24) is 15.2 Å². The van der Waals surface area contributed by atoms with E-state index in [0.29, 0.717) is 0 Å². The number of aryl methyl sites for hydroxylation is 1. The van der Waals surface area contributed by atoms with Crippen LogP contribution < -0.4 is 10.1 Å². The fourth-order valence-electron chi connectivity index (χ4n) is 1.57. The largest absolute Gasteiger partial charge is 0.497 e. The predicted octanol–water partition coefficient (Wildman–Crippen LogP) is 1.83. The van der Waals surface area contributed by atoms with Gasteiger partial charge in [-0.15, -0.1) is 0 Å². The van der Waals surface area contributed by atoms with Gasteiger partial charge in [-0.1, -0.05) is 0 Å². The molecule has 0 saturated heterocycles. The lowest BCUT2D eigenvalue weighted by Gasteiger charge is -2.32. The second-order valence-electron chi connectivity index (χ2n) is 5.45. The monoisotopic (exact) mass is 251 g/mol. The van der Waals surface area contributed by atoms with E-state index in [0.717, 1.165) is 30.2 Å². The van der Waals surface area contributed by atoms with Crippen molar-refractivity contribution >= 4 is 0 Å². The van der Waals surface area contributed by atoms with Gasteiger partial charge in [-0.05, 0) is 34.9 Å². The third-order valence-electron chi connectivity index (χ3n) is 3.29. The molecule has 1 aromatic heterocycles. The van der Waals surface area contributed by atoms with E-state index in [4.69, 9.17) is 4.74 Å². The number of pyridine rings is 1. The first-order valence-corrected chi connectivity index (χ1v) is 6.25. The van der Waals surface area contributed by atoms with Crippen LogP contribution in [0, 0.1) is 6.92 Å². The van der Waals surface area contributed by atoms with E-state index in [9.17, 15) is 0 Å². The van der Waals surface area contributed by atoms with Crippen molar-refractivity contribution in [3.63, 3.8) is 0 Å². The molecule has 4 nitrogen and oxygen atoms in total. The van der Waals surface area contributed by atoms with Crippen LogP contribution in [0.2, 0.25) is 0 Å².